The Morgan fingerprint density at radius 3 is 2.60 bits per heavy atom. The van der Waals surface area contributed by atoms with Crippen LogP contribution in [0.3, 0.4) is 0 Å². The van der Waals surface area contributed by atoms with Crippen molar-refractivity contribution in [3.63, 3.8) is 0 Å². The Balaban J connectivity index is 2.01. The molecule has 0 radical (unpaired) electrons. The number of nitrogens with two attached hydrogens (primary N) is 1. The minimum absolute atomic E-state index is 0.543. The maximum Gasteiger partial charge on any atom is 0.0723 e. The first-order valence-electron chi connectivity index (χ1n) is 7.37. The lowest BCUT2D eigenvalue weighted by Gasteiger charge is -2.37. The number of anilines is 1. The molecule has 0 spiro atoms. The molecule has 2 heterocycles. The van der Waals surface area contributed by atoms with E-state index in [-0.39, 0.29) is 0 Å². The zero-order valence-corrected chi connectivity index (χ0v) is 12.0. The minimum atomic E-state index is 0.543. The number of benzene rings is 1. The number of para-hydroxylation sites is 1. The fraction of sp³-hybridized carbons (Fsp3) is 0.438. The number of piperazine rings is 1. The van der Waals surface area contributed by atoms with E-state index in [2.05, 4.69) is 39.9 Å². The standard InChI is InChI=1S/C16H22N4/c1-2-19-7-9-20(10-8-19)16-13(11-17)12-18-15-6-4-3-5-14(15)16/h3-6,12H,2,7-11,17H2,1H3. The molecule has 1 aromatic heterocycles. The van der Waals surface area contributed by atoms with Crippen molar-refractivity contribution in [3.8, 4) is 0 Å². The zero-order chi connectivity index (χ0) is 13.9. The molecule has 1 aliphatic rings. The Morgan fingerprint density at radius 1 is 1.15 bits per heavy atom. The highest BCUT2D eigenvalue weighted by Crippen LogP contribution is 2.30. The molecule has 3 rings (SSSR count). The average Bonchev–Trinajstić information content (AvgIpc) is 2.54. The number of fused-ring (bicyclic) bond motifs is 1. The van der Waals surface area contributed by atoms with Crippen LogP contribution < -0.4 is 10.6 Å². The highest BCUT2D eigenvalue weighted by atomic mass is 15.3. The van der Waals surface area contributed by atoms with Gasteiger partial charge in [-0.15, -0.1) is 0 Å². The average molecular weight is 270 g/mol. The van der Waals surface area contributed by atoms with Crippen LogP contribution in [0, 0.1) is 0 Å². The molecule has 1 saturated heterocycles. The van der Waals surface area contributed by atoms with Crippen LogP contribution in [0.25, 0.3) is 10.9 Å². The summed E-state index contributed by atoms with van der Waals surface area (Å²) in [6.07, 6.45) is 1.93. The molecule has 20 heavy (non-hydrogen) atoms. The predicted octanol–water partition coefficient (Wildman–Crippen LogP) is 1.84. The summed E-state index contributed by atoms with van der Waals surface area (Å²) in [5.41, 5.74) is 9.41. The lowest BCUT2D eigenvalue weighted by atomic mass is 10.1. The molecule has 4 heteroatoms. The maximum absolute atomic E-state index is 5.92. The molecule has 1 aromatic carbocycles. The molecule has 2 aromatic rings. The van der Waals surface area contributed by atoms with Gasteiger partial charge >= 0.3 is 0 Å². The summed E-state index contributed by atoms with van der Waals surface area (Å²) < 4.78 is 0. The van der Waals surface area contributed by atoms with Crippen molar-refractivity contribution in [3.05, 3.63) is 36.0 Å². The van der Waals surface area contributed by atoms with Crippen molar-refractivity contribution in [2.45, 2.75) is 13.5 Å². The summed E-state index contributed by atoms with van der Waals surface area (Å²) in [6, 6.07) is 8.34. The second-order valence-electron chi connectivity index (χ2n) is 5.27. The summed E-state index contributed by atoms with van der Waals surface area (Å²) in [5.74, 6) is 0. The van der Waals surface area contributed by atoms with E-state index < -0.39 is 0 Å². The molecule has 4 nitrogen and oxygen atoms in total. The fourth-order valence-corrected chi connectivity index (χ4v) is 2.98. The maximum atomic E-state index is 5.92. The lowest BCUT2D eigenvalue weighted by Crippen LogP contribution is -2.46. The Morgan fingerprint density at radius 2 is 1.90 bits per heavy atom. The summed E-state index contributed by atoms with van der Waals surface area (Å²) in [7, 11) is 0. The lowest BCUT2D eigenvalue weighted by molar-refractivity contribution is 0.271. The van der Waals surface area contributed by atoms with Crippen molar-refractivity contribution in [2.24, 2.45) is 5.73 Å². The summed E-state index contributed by atoms with van der Waals surface area (Å²) >= 11 is 0. The highest BCUT2D eigenvalue weighted by molar-refractivity contribution is 5.93. The molecular formula is C16H22N4. The van der Waals surface area contributed by atoms with Gasteiger partial charge in [0, 0.05) is 49.9 Å². The van der Waals surface area contributed by atoms with Crippen molar-refractivity contribution in [1.29, 1.82) is 0 Å². The third-order valence-corrected chi connectivity index (χ3v) is 4.18. The van der Waals surface area contributed by atoms with Crippen LogP contribution in [0.1, 0.15) is 12.5 Å². The first kappa shape index (κ1) is 13.3. The Labute approximate surface area is 120 Å². The monoisotopic (exact) mass is 270 g/mol. The number of aromatic nitrogens is 1. The second kappa shape index (κ2) is 5.77. The van der Waals surface area contributed by atoms with Crippen LogP contribution in [0.4, 0.5) is 5.69 Å². The third-order valence-electron chi connectivity index (χ3n) is 4.18. The van der Waals surface area contributed by atoms with Gasteiger partial charge in [0.15, 0.2) is 0 Å². The number of hydrogen-bond acceptors (Lipinski definition) is 4. The van der Waals surface area contributed by atoms with E-state index in [9.17, 15) is 0 Å². The van der Waals surface area contributed by atoms with E-state index >= 15 is 0 Å². The van der Waals surface area contributed by atoms with Gasteiger partial charge in [0.05, 0.1) is 11.2 Å². The number of nitrogens with zero attached hydrogens (tertiary/aromatic N) is 3. The Hall–Kier alpha value is -1.65. The number of rotatable bonds is 3. The molecule has 0 aliphatic carbocycles. The first-order chi connectivity index (χ1) is 9.83. The smallest absolute Gasteiger partial charge is 0.0723 e. The molecule has 106 valence electrons. The molecular weight excluding hydrogens is 248 g/mol. The zero-order valence-electron chi connectivity index (χ0n) is 12.0. The molecule has 0 unspecified atom stereocenters. The quantitative estimate of drug-likeness (QED) is 0.924. The molecule has 2 N–H and O–H groups in total. The number of pyridine rings is 1. The van der Waals surface area contributed by atoms with E-state index in [1.165, 1.54) is 11.1 Å². The number of hydrogen-bond donors (Lipinski definition) is 1. The van der Waals surface area contributed by atoms with Crippen molar-refractivity contribution >= 4 is 16.6 Å². The Kier molecular flexibility index (Phi) is 3.85. The van der Waals surface area contributed by atoms with Crippen LogP contribution in [-0.2, 0) is 6.54 Å². The summed E-state index contributed by atoms with van der Waals surface area (Å²) in [5, 5.41) is 1.22. The van der Waals surface area contributed by atoms with Gasteiger partial charge < -0.3 is 15.5 Å². The normalized spacial score (nSPS) is 16.8. The van der Waals surface area contributed by atoms with Crippen LogP contribution in [0.2, 0.25) is 0 Å². The molecule has 0 atom stereocenters. The largest absolute Gasteiger partial charge is 0.368 e. The van der Waals surface area contributed by atoms with Crippen LogP contribution >= 0.6 is 0 Å². The summed E-state index contributed by atoms with van der Waals surface area (Å²) in [4.78, 5) is 9.48. The number of likely N-dealkylation sites (N-methyl/N-ethyl adjacent to an activating group) is 1. The summed E-state index contributed by atoms with van der Waals surface area (Å²) in [6.45, 7) is 8.27. The highest BCUT2D eigenvalue weighted by Gasteiger charge is 2.20. The minimum Gasteiger partial charge on any atom is -0.368 e. The van der Waals surface area contributed by atoms with Crippen LogP contribution in [0.5, 0.6) is 0 Å². The molecule has 1 fully saturated rings. The van der Waals surface area contributed by atoms with Crippen molar-refractivity contribution < 1.29 is 0 Å². The van der Waals surface area contributed by atoms with Gasteiger partial charge in [-0.3, -0.25) is 4.98 Å². The molecule has 0 amide bonds. The SMILES string of the molecule is CCN1CCN(c2c(CN)cnc3ccccc23)CC1. The van der Waals surface area contributed by atoms with Crippen molar-refractivity contribution in [1.82, 2.24) is 9.88 Å². The van der Waals surface area contributed by atoms with E-state index in [4.69, 9.17) is 5.73 Å². The van der Waals surface area contributed by atoms with Gasteiger partial charge in [0.1, 0.15) is 0 Å². The third kappa shape index (κ3) is 2.37. The fourth-order valence-electron chi connectivity index (χ4n) is 2.98. The van der Waals surface area contributed by atoms with E-state index in [1.54, 1.807) is 0 Å². The molecule has 0 saturated carbocycles. The second-order valence-corrected chi connectivity index (χ2v) is 5.27. The molecule has 1 aliphatic heterocycles. The molecule has 0 bridgehead atoms. The van der Waals surface area contributed by atoms with Crippen molar-refractivity contribution in [2.75, 3.05) is 37.6 Å². The van der Waals surface area contributed by atoms with Crippen LogP contribution in [-0.4, -0.2) is 42.6 Å². The topological polar surface area (TPSA) is 45.4 Å². The van der Waals surface area contributed by atoms with Gasteiger partial charge in [0.25, 0.3) is 0 Å². The van der Waals surface area contributed by atoms with Gasteiger partial charge in [-0.25, -0.2) is 0 Å². The van der Waals surface area contributed by atoms with Gasteiger partial charge in [0.2, 0.25) is 0 Å². The van der Waals surface area contributed by atoms with Gasteiger partial charge in [-0.05, 0) is 12.6 Å². The van der Waals surface area contributed by atoms with E-state index in [0.717, 1.165) is 43.8 Å². The van der Waals surface area contributed by atoms with E-state index in [0.29, 0.717) is 6.54 Å². The van der Waals surface area contributed by atoms with Crippen LogP contribution in [0.15, 0.2) is 30.5 Å². The Bertz CT molecular complexity index is 588. The predicted molar refractivity (Wildman–Crippen MR) is 84.0 cm³/mol. The first-order valence-corrected chi connectivity index (χ1v) is 7.37. The van der Waals surface area contributed by atoms with E-state index in [1.807, 2.05) is 12.3 Å². The van der Waals surface area contributed by atoms with Gasteiger partial charge in [-0.2, -0.15) is 0 Å². The van der Waals surface area contributed by atoms with Gasteiger partial charge in [-0.1, -0.05) is 25.1 Å².